The van der Waals surface area contributed by atoms with Crippen LogP contribution in [0.5, 0.6) is 0 Å². The number of hydrogen-bond acceptors (Lipinski definition) is 3. The highest BCUT2D eigenvalue weighted by molar-refractivity contribution is 5.27. The van der Waals surface area contributed by atoms with E-state index in [1.165, 1.54) is 6.42 Å². The molecular weight excluding hydrogens is 138 g/mol. The van der Waals surface area contributed by atoms with E-state index in [2.05, 4.69) is 16.9 Å². The number of nitrogens with two attached hydrogens (primary N) is 1. The first-order valence-corrected chi connectivity index (χ1v) is 3.86. The molecule has 1 aromatic heterocycles. The van der Waals surface area contributed by atoms with E-state index in [0.29, 0.717) is 11.7 Å². The molecule has 1 fully saturated rings. The van der Waals surface area contributed by atoms with Gasteiger partial charge in [-0.1, -0.05) is 6.92 Å². The Kier molecular flexibility index (Phi) is 1.31. The molecule has 1 saturated carbocycles. The van der Waals surface area contributed by atoms with E-state index in [0.717, 1.165) is 11.7 Å². The van der Waals surface area contributed by atoms with E-state index in [1.807, 2.05) is 0 Å². The molecule has 1 heterocycles. The van der Waals surface area contributed by atoms with Crippen LogP contribution in [0.4, 0.5) is 5.82 Å². The van der Waals surface area contributed by atoms with Crippen LogP contribution in [0, 0.1) is 5.92 Å². The quantitative estimate of drug-likeness (QED) is 0.652. The van der Waals surface area contributed by atoms with Crippen LogP contribution in [0.3, 0.4) is 0 Å². The molecule has 2 rings (SSSR count). The maximum Gasteiger partial charge on any atom is 0.134 e. The lowest BCUT2D eigenvalue weighted by Gasteiger charge is -1.96. The molecule has 2 N–H and O–H groups in total. The zero-order valence-electron chi connectivity index (χ0n) is 6.49. The third-order valence-electron chi connectivity index (χ3n) is 2.14. The molecule has 0 spiro atoms. The maximum absolute atomic E-state index is 5.52. The summed E-state index contributed by atoms with van der Waals surface area (Å²) in [6, 6.07) is 1.72. The average molecular weight is 149 g/mol. The molecule has 0 amide bonds. The van der Waals surface area contributed by atoms with Gasteiger partial charge in [-0.15, -0.1) is 0 Å². The fourth-order valence-corrected chi connectivity index (χ4v) is 1.25. The van der Waals surface area contributed by atoms with Crippen molar-refractivity contribution in [1.82, 2.24) is 9.97 Å². The zero-order valence-corrected chi connectivity index (χ0v) is 6.49. The first kappa shape index (κ1) is 6.58. The van der Waals surface area contributed by atoms with Gasteiger partial charge >= 0.3 is 0 Å². The minimum atomic E-state index is 0.568. The lowest BCUT2D eigenvalue weighted by atomic mass is 10.3. The average Bonchev–Trinajstić information content (AvgIpc) is 2.67. The van der Waals surface area contributed by atoms with Crippen molar-refractivity contribution in [1.29, 1.82) is 0 Å². The summed E-state index contributed by atoms with van der Waals surface area (Å²) in [6.45, 7) is 2.21. The predicted octanol–water partition coefficient (Wildman–Crippen LogP) is 1.18. The molecule has 0 aromatic carbocycles. The highest BCUT2D eigenvalue weighted by Gasteiger charge is 2.36. The summed E-state index contributed by atoms with van der Waals surface area (Å²) in [5, 5.41) is 0. The minimum Gasteiger partial charge on any atom is -0.384 e. The van der Waals surface area contributed by atoms with Gasteiger partial charge in [-0.2, -0.15) is 0 Å². The molecule has 1 aliphatic carbocycles. The van der Waals surface area contributed by atoms with Crippen LogP contribution in [-0.4, -0.2) is 9.97 Å². The lowest BCUT2D eigenvalue weighted by Crippen LogP contribution is -1.97. The van der Waals surface area contributed by atoms with E-state index in [9.17, 15) is 0 Å². The Morgan fingerprint density at radius 1 is 1.64 bits per heavy atom. The van der Waals surface area contributed by atoms with Gasteiger partial charge in [-0.25, -0.2) is 9.97 Å². The van der Waals surface area contributed by atoms with Gasteiger partial charge in [0.05, 0.1) is 0 Å². The van der Waals surface area contributed by atoms with Crippen molar-refractivity contribution in [3.63, 3.8) is 0 Å². The first-order valence-electron chi connectivity index (χ1n) is 3.86. The second-order valence-electron chi connectivity index (χ2n) is 3.16. The van der Waals surface area contributed by atoms with Gasteiger partial charge in [0.15, 0.2) is 0 Å². The minimum absolute atomic E-state index is 0.568. The lowest BCUT2D eigenvalue weighted by molar-refractivity contribution is 0.845. The molecular formula is C8H11N3. The highest BCUT2D eigenvalue weighted by atomic mass is 14.9. The fourth-order valence-electron chi connectivity index (χ4n) is 1.25. The van der Waals surface area contributed by atoms with Crippen LogP contribution in [0.2, 0.25) is 0 Å². The number of nitrogen functional groups attached to an aromatic ring is 1. The Morgan fingerprint density at radius 3 is 2.91 bits per heavy atom. The standard InChI is InChI=1S/C8H11N3/c1-5-4-6(5)8-10-3-2-7(9)11-8/h2-3,5-6H,4H2,1H3,(H2,9,10,11). The fraction of sp³-hybridized carbons (Fsp3) is 0.500. The number of aromatic nitrogens is 2. The largest absolute Gasteiger partial charge is 0.384 e. The number of nitrogens with zero attached hydrogens (tertiary/aromatic N) is 2. The molecule has 3 heteroatoms. The molecule has 1 aliphatic rings. The zero-order chi connectivity index (χ0) is 7.84. The molecule has 1 aromatic rings. The van der Waals surface area contributed by atoms with Crippen LogP contribution in [0.1, 0.15) is 25.1 Å². The van der Waals surface area contributed by atoms with Crippen molar-refractivity contribution in [3.8, 4) is 0 Å². The highest BCUT2D eigenvalue weighted by Crippen LogP contribution is 2.45. The molecule has 11 heavy (non-hydrogen) atoms. The second-order valence-corrected chi connectivity index (χ2v) is 3.16. The summed E-state index contributed by atoms with van der Waals surface area (Å²) in [5.41, 5.74) is 5.52. The van der Waals surface area contributed by atoms with Crippen LogP contribution in [-0.2, 0) is 0 Å². The number of anilines is 1. The third-order valence-corrected chi connectivity index (χ3v) is 2.14. The molecule has 0 radical (unpaired) electrons. The number of hydrogen-bond donors (Lipinski definition) is 1. The van der Waals surface area contributed by atoms with Gasteiger partial charge in [0, 0.05) is 12.1 Å². The first-order chi connectivity index (χ1) is 5.27. The third kappa shape index (κ3) is 1.18. The Hall–Kier alpha value is -1.12. The van der Waals surface area contributed by atoms with E-state index in [1.54, 1.807) is 12.3 Å². The summed E-state index contributed by atoms with van der Waals surface area (Å²) in [6.07, 6.45) is 2.94. The monoisotopic (exact) mass is 149 g/mol. The van der Waals surface area contributed by atoms with Gasteiger partial charge < -0.3 is 5.73 Å². The normalized spacial score (nSPS) is 28.5. The second kappa shape index (κ2) is 2.19. The molecule has 58 valence electrons. The van der Waals surface area contributed by atoms with Crippen molar-refractivity contribution < 1.29 is 0 Å². The van der Waals surface area contributed by atoms with Crippen molar-refractivity contribution in [2.75, 3.05) is 5.73 Å². The van der Waals surface area contributed by atoms with Crippen molar-refractivity contribution in [3.05, 3.63) is 18.1 Å². The van der Waals surface area contributed by atoms with E-state index < -0.39 is 0 Å². The van der Waals surface area contributed by atoms with Crippen LogP contribution >= 0.6 is 0 Å². The molecule has 2 atom stereocenters. The van der Waals surface area contributed by atoms with Crippen LogP contribution in [0.25, 0.3) is 0 Å². The molecule has 0 bridgehead atoms. The molecule has 0 saturated heterocycles. The van der Waals surface area contributed by atoms with Gasteiger partial charge in [0.25, 0.3) is 0 Å². The SMILES string of the molecule is CC1CC1c1nccc(N)n1. The molecule has 3 nitrogen and oxygen atoms in total. The number of rotatable bonds is 1. The molecule has 0 aliphatic heterocycles. The Bertz CT molecular complexity index is 272. The Labute approximate surface area is 65.7 Å². The smallest absolute Gasteiger partial charge is 0.134 e. The summed E-state index contributed by atoms with van der Waals surface area (Å²) in [7, 11) is 0. The summed E-state index contributed by atoms with van der Waals surface area (Å²) in [5.74, 6) is 2.81. The van der Waals surface area contributed by atoms with Gasteiger partial charge in [-0.3, -0.25) is 0 Å². The summed E-state index contributed by atoms with van der Waals surface area (Å²) in [4.78, 5) is 8.31. The Balaban J connectivity index is 2.25. The topological polar surface area (TPSA) is 51.8 Å². The molecule has 2 unspecified atom stereocenters. The predicted molar refractivity (Wildman–Crippen MR) is 43.0 cm³/mol. The van der Waals surface area contributed by atoms with E-state index in [-0.39, 0.29) is 0 Å². The Morgan fingerprint density at radius 2 is 2.36 bits per heavy atom. The van der Waals surface area contributed by atoms with Crippen molar-refractivity contribution in [2.45, 2.75) is 19.3 Å². The van der Waals surface area contributed by atoms with Gasteiger partial charge in [0.2, 0.25) is 0 Å². The van der Waals surface area contributed by atoms with Gasteiger partial charge in [-0.05, 0) is 18.4 Å². The van der Waals surface area contributed by atoms with Crippen LogP contribution < -0.4 is 5.73 Å². The van der Waals surface area contributed by atoms with Crippen molar-refractivity contribution in [2.24, 2.45) is 5.92 Å². The van der Waals surface area contributed by atoms with E-state index in [4.69, 9.17) is 5.73 Å². The van der Waals surface area contributed by atoms with Crippen molar-refractivity contribution >= 4 is 5.82 Å². The summed E-state index contributed by atoms with van der Waals surface area (Å²) < 4.78 is 0. The van der Waals surface area contributed by atoms with Gasteiger partial charge in [0.1, 0.15) is 11.6 Å². The van der Waals surface area contributed by atoms with E-state index >= 15 is 0 Å². The maximum atomic E-state index is 5.52. The van der Waals surface area contributed by atoms with Crippen LogP contribution in [0.15, 0.2) is 12.3 Å². The summed E-state index contributed by atoms with van der Waals surface area (Å²) >= 11 is 0.